The molecule has 0 radical (unpaired) electrons. The number of nitro groups is 1. The summed E-state index contributed by atoms with van der Waals surface area (Å²) in [6, 6.07) is 5.56. The van der Waals surface area contributed by atoms with Crippen molar-refractivity contribution < 1.29 is 32.4 Å². The Labute approximate surface area is 166 Å². The van der Waals surface area contributed by atoms with Crippen LogP contribution < -0.4 is 4.74 Å². The lowest BCUT2D eigenvalue weighted by molar-refractivity contribution is -0.385. The Balaban J connectivity index is 2.34. The molecule has 2 rings (SSSR count). The number of benzene rings is 2. The number of rotatable bonds is 6. The molecule has 2 aromatic carbocycles. The van der Waals surface area contributed by atoms with Gasteiger partial charge in [0.05, 0.1) is 15.5 Å². The van der Waals surface area contributed by atoms with E-state index in [-0.39, 0.29) is 28.2 Å². The van der Waals surface area contributed by atoms with Crippen molar-refractivity contribution in [1.82, 2.24) is 0 Å². The van der Waals surface area contributed by atoms with Crippen LogP contribution in [0.3, 0.4) is 0 Å². The number of nitro benzene ring substituents is 1. The summed E-state index contributed by atoms with van der Waals surface area (Å²) < 4.78 is 48.2. The molecule has 0 spiro atoms. The number of esters is 1. The van der Waals surface area contributed by atoms with Gasteiger partial charge in [0.1, 0.15) is 23.7 Å². The van der Waals surface area contributed by atoms with Crippen molar-refractivity contribution in [2.75, 3.05) is 6.61 Å². The fourth-order valence-electron chi connectivity index (χ4n) is 2.01. The van der Waals surface area contributed by atoms with Gasteiger partial charge >= 0.3 is 12.1 Å². The van der Waals surface area contributed by atoms with Crippen LogP contribution in [0.5, 0.6) is 11.5 Å². The van der Waals surface area contributed by atoms with Gasteiger partial charge < -0.3 is 9.47 Å². The largest absolute Gasteiger partial charge is 0.456 e. The fraction of sp³-hybridized carbons (Fsp3) is 0.118. The van der Waals surface area contributed by atoms with E-state index in [4.69, 9.17) is 32.7 Å². The second-order valence-corrected chi connectivity index (χ2v) is 6.22. The van der Waals surface area contributed by atoms with Gasteiger partial charge in [-0.15, -0.1) is 0 Å². The number of alkyl halides is 3. The average Bonchev–Trinajstić information content (AvgIpc) is 2.60. The molecule has 148 valence electrons. The topological polar surface area (TPSA) is 78.7 Å². The molecule has 6 nitrogen and oxygen atoms in total. The van der Waals surface area contributed by atoms with E-state index in [0.29, 0.717) is 6.07 Å². The van der Waals surface area contributed by atoms with E-state index in [1.807, 2.05) is 0 Å². The summed E-state index contributed by atoms with van der Waals surface area (Å²) in [4.78, 5) is 22.4. The minimum Gasteiger partial charge on any atom is -0.456 e. The van der Waals surface area contributed by atoms with Crippen molar-refractivity contribution in [2.24, 2.45) is 0 Å². The third-order valence-electron chi connectivity index (χ3n) is 3.23. The average molecular weight is 436 g/mol. The summed E-state index contributed by atoms with van der Waals surface area (Å²) in [5.74, 6) is -1.28. The van der Waals surface area contributed by atoms with Crippen LogP contribution in [-0.2, 0) is 10.9 Å². The number of carbonyl (C=O) groups excluding carboxylic acids is 1. The summed E-state index contributed by atoms with van der Waals surface area (Å²) in [6.07, 6.45) is -4.58. The quantitative estimate of drug-likeness (QED) is 0.317. The van der Waals surface area contributed by atoms with Gasteiger partial charge in [0.25, 0.3) is 5.69 Å². The normalized spacial score (nSPS) is 11.0. The van der Waals surface area contributed by atoms with Crippen molar-refractivity contribution in [1.29, 1.82) is 0 Å². The minimum absolute atomic E-state index is 0.0000520. The first-order valence-corrected chi connectivity index (χ1v) is 8.08. The molecule has 0 N–H and O–H groups in total. The van der Waals surface area contributed by atoms with Crippen LogP contribution >= 0.6 is 23.2 Å². The number of ether oxygens (including phenoxy) is 2. The summed E-state index contributed by atoms with van der Waals surface area (Å²) in [5, 5.41) is 10.8. The van der Waals surface area contributed by atoms with E-state index in [0.717, 1.165) is 30.3 Å². The maximum absolute atomic E-state index is 12.7. The predicted molar refractivity (Wildman–Crippen MR) is 94.9 cm³/mol. The molecule has 0 amide bonds. The van der Waals surface area contributed by atoms with Crippen molar-refractivity contribution in [3.05, 3.63) is 74.3 Å². The smallest absolute Gasteiger partial charge is 0.416 e. The highest BCUT2D eigenvalue weighted by Gasteiger charge is 2.31. The highest BCUT2D eigenvalue weighted by atomic mass is 35.5. The van der Waals surface area contributed by atoms with Crippen molar-refractivity contribution in [3.63, 3.8) is 0 Å². The van der Waals surface area contributed by atoms with Gasteiger partial charge in [0.15, 0.2) is 0 Å². The Bertz CT molecular complexity index is 947. The molecule has 0 saturated heterocycles. The second-order valence-electron chi connectivity index (χ2n) is 5.27. The third-order valence-corrected chi connectivity index (χ3v) is 3.64. The Kier molecular flexibility index (Phi) is 6.52. The van der Waals surface area contributed by atoms with Crippen LogP contribution in [0.2, 0.25) is 5.02 Å². The fourth-order valence-corrected chi connectivity index (χ4v) is 2.28. The first kappa shape index (κ1) is 21.5. The first-order chi connectivity index (χ1) is 13.0. The standard InChI is InChI=1S/C17H10Cl2F3NO5/c1-9(18)8-27-16(24)12-7-11(3-4-14(12)23(25)26)28-15-5-2-10(6-13(15)19)17(20,21)22/h2-7H,1,8H2. The van der Waals surface area contributed by atoms with Crippen LogP contribution in [0.15, 0.2) is 48.0 Å². The van der Waals surface area contributed by atoms with Crippen LogP contribution in [-0.4, -0.2) is 17.5 Å². The van der Waals surface area contributed by atoms with Gasteiger partial charge in [-0.3, -0.25) is 10.1 Å². The van der Waals surface area contributed by atoms with Crippen molar-refractivity contribution in [3.8, 4) is 11.5 Å². The summed E-state index contributed by atoms with van der Waals surface area (Å²) >= 11 is 11.3. The summed E-state index contributed by atoms with van der Waals surface area (Å²) in [6.45, 7) is 2.95. The van der Waals surface area contributed by atoms with Gasteiger partial charge in [-0.25, -0.2) is 4.79 Å². The highest BCUT2D eigenvalue weighted by Crippen LogP contribution is 2.37. The lowest BCUT2D eigenvalue weighted by Crippen LogP contribution is -2.09. The number of hydrogen-bond donors (Lipinski definition) is 0. The van der Waals surface area contributed by atoms with Gasteiger partial charge in [-0.2, -0.15) is 13.2 Å². The van der Waals surface area contributed by atoms with Crippen LogP contribution in [0.25, 0.3) is 0 Å². The Morgan fingerprint density at radius 2 is 1.89 bits per heavy atom. The molecule has 0 unspecified atom stereocenters. The lowest BCUT2D eigenvalue weighted by Gasteiger charge is -2.12. The SMILES string of the molecule is C=C(Cl)COC(=O)c1cc(Oc2ccc(C(F)(F)F)cc2Cl)ccc1[N+](=O)[O-]. The number of carbonyl (C=O) groups is 1. The Morgan fingerprint density at radius 3 is 2.43 bits per heavy atom. The molecule has 0 aliphatic heterocycles. The second kappa shape index (κ2) is 8.49. The van der Waals surface area contributed by atoms with Gasteiger partial charge in [-0.05, 0) is 24.3 Å². The number of hydrogen-bond acceptors (Lipinski definition) is 5. The van der Waals surface area contributed by atoms with Crippen LogP contribution in [0.1, 0.15) is 15.9 Å². The molecule has 28 heavy (non-hydrogen) atoms. The van der Waals surface area contributed by atoms with Crippen LogP contribution in [0, 0.1) is 10.1 Å². The molecule has 0 aliphatic rings. The van der Waals surface area contributed by atoms with Gasteiger partial charge in [-0.1, -0.05) is 29.8 Å². The summed E-state index contributed by atoms with van der Waals surface area (Å²) in [7, 11) is 0. The van der Waals surface area contributed by atoms with Crippen molar-refractivity contribution in [2.45, 2.75) is 6.18 Å². The molecule has 0 atom stereocenters. The highest BCUT2D eigenvalue weighted by molar-refractivity contribution is 6.32. The monoisotopic (exact) mass is 435 g/mol. The van der Waals surface area contributed by atoms with E-state index < -0.39 is 33.9 Å². The molecule has 11 heteroatoms. The molecule has 0 saturated carbocycles. The molecule has 2 aromatic rings. The molecular weight excluding hydrogens is 426 g/mol. The van der Waals surface area contributed by atoms with Crippen LogP contribution in [0.4, 0.5) is 18.9 Å². The van der Waals surface area contributed by atoms with Gasteiger partial charge in [0, 0.05) is 17.2 Å². The Hall–Kier alpha value is -2.78. The molecule has 0 aliphatic carbocycles. The van der Waals surface area contributed by atoms with E-state index in [2.05, 4.69) is 6.58 Å². The molecule has 0 heterocycles. The van der Waals surface area contributed by atoms with E-state index in [1.54, 1.807) is 0 Å². The zero-order valence-electron chi connectivity index (χ0n) is 13.8. The van der Waals surface area contributed by atoms with Gasteiger partial charge in [0.2, 0.25) is 0 Å². The van der Waals surface area contributed by atoms with E-state index >= 15 is 0 Å². The Morgan fingerprint density at radius 1 is 1.21 bits per heavy atom. The first-order valence-electron chi connectivity index (χ1n) is 7.32. The maximum Gasteiger partial charge on any atom is 0.416 e. The summed E-state index contributed by atoms with van der Waals surface area (Å²) in [5.41, 5.74) is -1.97. The molecule has 0 bridgehead atoms. The third kappa shape index (κ3) is 5.37. The minimum atomic E-state index is -4.58. The zero-order chi connectivity index (χ0) is 21.1. The van der Waals surface area contributed by atoms with Crippen molar-refractivity contribution >= 4 is 34.9 Å². The number of halogens is 5. The number of nitrogens with zero attached hydrogens (tertiary/aromatic N) is 1. The lowest BCUT2D eigenvalue weighted by atomic mass is 10.1. The maximum atomic E-state index is 12.7. The predicted octanol–water partition coefficient (Wildman–Crippen LogP) is 5.97. The molecular formula is C17H10Cl2F3NO5. The van der Waals surface area contributed by atoms with E-state index in [9.17, 15) is 28.1 Å². The van der Waals surface area contributed by atoms with E-state index in [1.165, 1.54) is 0 Å². The molecule has 0 aromatic heterocycles. The molecule has 0 fully saturated rings. The zero-order valence-corrected chi connectivity index (χ0v) is 15.3.